The molecule has 4 rings (SSSR count). The van der Waals surface area contributed by atoms with Crippen LogP contribution in [0.2, 0.25) is 0 Å². The topological polar surface area (TPSA) is 93.1 Å². The smallest absolute Gasteiger partial charge is 0.338 e. The summed E-state index contributed by atoms with van der Waals surface area (Å²) in [4.78, 5) is 25.1. The highest BCUT2D eigenvalue weighted by Crippen LogP contribution is 2.63. The minimum absolute atomic E-state index is 0.0965. The number of fused-ring (bicyclic) bond motifs is 3. The van der Waals surface area contributed by atoms with Crippen molar-refractivity contribution in [1.29, 1.82) is 0 Å². The Morgan fingerprint density at radius 1 is 1.25 bits per heavy atom. The predicted molar refractivity (Wildman–Crippen MR) is 100 cm³/mol. The third kappa shape index (κ3) is 2.54. The molecule has 150 valence electrons. The Morgan fingerprint density at radius 3 is 2.64 bits per heavy atom. The number of carbonyl (C=O) groups excluding carboxylic acids is 2. The van der Waals surface area contributed by atoms with Crippen LogP contribution < -0.4 is 0 Å². The lowest BCUT2D eigenvalue weighted by molar-refractivity contribution is -0.185. The van der Waals surface area contributed by atoms with Gasteiger partial charge in [0.1, 0.15) is 18.3 Å². The summed E-state index contributed by atoms with van der Waals surface area (Å²) in [5.74, 6) is -1.42. The van der Waals surface area contributed by atoms with E-state index in [0.717, 1.165) is 12.8 Å². The average molecular weight is 386 g/mol. The maximum absolute atomic E-state index is 12.8. The van der Waals surface area contributed by atoms with Gasteiger partial charge in [0.25, 0.3) is 0 Å². The number of rotatable bonds is 3. The van der Waals surface area contributed by atoms with Crippen LogP contribution in [0.5, 0.6) is 0 Å². The van der Waals surface area contributed by atoms with Crippen LogP contribution in [-0.2, 0) is 14.3 Å². The molecule has 0 unspecified atom stereocenters. The molecule has 0 aromatic heterocycles. The van der Waals surface area contributed by atoms with E-state index in [-0.39, 0.29) is 24.7 Å². The molecule has 1 aromatic rings. The van der Waals surface area contributed by atoms with Crippen LogP contribution in [0.25, 0.3) is 0 Å². The molecule has 2 fully saturated rings. The Labute approximate surface area is 164 Å². The molecule has 5 atom stereocenters. The van der Waals surface area contributed by atoms with Crippen LogP contribution in [-0.4, -0.2) is 47.1 Å². The summed E-state index contributed by atoms with van der Waals surface area (Å²) in [7, 11) is 0. The Bertz CT molecular complexity index is 833. The largest absolute Gasteiger partial charge is 0.459 e. The Morgan fingerprint density at radius 2 is 1.96 bits per heavy atom. The standard InChI is InChI=1S/C22H26O6/c1-20(12-23)9-6-10-21(2)17(20)16(11-15-19(25)27-13-22(15,21)26)28-18(24)14-7-4-3-5-8-14/h3-5,7-8,11,16-17,23,26H,6,9-10,12-13H2,1-2H3/t16-,17-,20-,21+,22-/m1/s1. The van der Waals surface area contributed by atoms with E-state index < -0.39 is 34.5 Å². The number of ether oxygens (including phenoxy) is 2. The zero-order valence-corrected chi connectivity index (χ0v) is 16.2. The van der Waals surface area contributed by atoms with Gasteiger partial charge in [-0.2, -0.15) is 0 Å². The van der Waals surface area contributed by atoms with Crippen LogP contribution >= 0.6 is 0 Å². The predicted octanol–water partition coefficient (Wildman–Crippen LogP) is 2.24. The molecule has 28 heavy (non-hydrogen) atoms. The molecule has 0 amide bonds. The fourth-order valence-corrected chi connectivity index (χ4v) is 5.64. The van der Waals surface area contributed by atoms with Crippen LogP contribution in [0.1, 0.15) is 43.5 Å². The SMILES string of the molecule is C[C@]1(CO)CCC[C@@]2(C)[C@@H]1[C@H](OC(=O)c1ccccc1)C=C1C(=O)OC[C@@]12O. The van der Waals surface area contributed by atoms with Gasteiger partial charge in [-0.25, -0.2) is 9.59 Å². The number of cyclic esters (lactones) is 1. The van der Waals surface area contributed by atoms with E-state index in [1.54, 1.807) is 30.3 Å². The van der Waals surface area contributed by atoms with E-state index in [2.05, 4.69) is 0 Å². The summed E-state index contributed by atoms with van der Waals surface area (Å²) in [5.41, 5.74) is -2.18. The summed E-state index contributed by atoms with van der Waals surface area (Å²) >= 11 is 0. The lowest BCUT2D eigenvalue weighted by Crippen LogP contribution is -2.65. The summed E-state index contributed by atoms with van der Waals surface area (Å²) in [6.07, 6.45) is 3.00. The van der Waals surface area contributed by atoms with Gasteiger partial charge in [-0.3, -0.25) is 0 Å². The quantitative estimate of drug-likeness (QED) is 0.774. The third-order valence-electron chi connectivity index (χ3n) is 7.18. The summed E-state index contributed by atoms with van der Waals surface area (Å²) < 4.78 is 11.1. The third-order valence-corrected chi connectivity index (χ3v) is 7.18. The first-order valence-corrected chi connectivity index (χ1v) is 9.74. The van der Waals surface area contributed by atoms with Crippen LogP contribution in [0.15, 0.2) is 42.0 Å². The van der Waals surface area contributed by atoms with Crippen molar-refractivity contribution in [2.75, 3.05) is 13.2 Å². The zero-order chi connectivity index (χ0) is 20.2. The Hall–Kier alpha value is -2.18. The van der Waals surface area contributed by atoms with Crippen molar-refractivity contribution in [3.63, 3.8) is 0 Å². The number of hydrogen-bond acceptors (Lipinski definition) is 6. The molecule has 1 aliphatic heterocycles. The molecule has 1 aromatic carbocycles. The number of esters is 2. The van der Waals surface area contributed by atoms with E-state index in [9.17, 15) is 19.8 Å². The molecule has 1 saturated heterocycles. The highest BCUT2D eigenvalue weighted by atomic mass is 16.6. The maximum Gasteiger partial charge on any atom is 0.338 e. The monoisotopic (exact) mass is 386 g/mol. The molecular formula is C22H26O6. The fourth-order valence-electron chi connectivity index (χ4n) is 5.64. The molecule has 2 aliphatic carbocycles. The molecule has 6 nitrogen and oxygen atoms in total. The number of aliphatic hydroxyl groups excluding tert-OH is 1. The van der Waals surface area contributed by atoms with E-state index in [0.29, 0.717) is 12.0 Å². The molecule has 0 bridgehead atoms. The van der Waals surface area contributed by atoms with E-state index in [1.807, 2.05) is 19.9 Å². The number of hydrogen-bond donors (Lipinski definition) is 2. The fraction of sp³-hybridized carbons (Fsp3) is 0.545. The van der Waals surface area contributed by atoms with Crippen molar-refractivity contribution in [3.8, 4) is 0 Å². The molecule has 0 radical (unpaired) electrons. The van der Waals surface area contributed by atoms with Crippen LogP contribution in [0.4, 0.5) is 0 Å². The van der Waals surface area contributed by atoms with Gasteiger partial charge in [0.15, 0.2) is 0 Å². The number of benzene rings is 1. The van der Waals surface area contributed by atoms with Gasteiger partial charge in [0.2, 0.25) is 0 Å². The Kier molecular flexibility index (Phi) is 4.39. The summed E-state index contributed by atoms with van der Waals surface area (Å²) in [5, 5.41) is 21.7. The van der Waals surface area contributed by atoms with Crippen molar-refractivity contribution in [2.24, 2.45) is 16.7 Å². The van der Waals surface area contributed by atoms with Crippen molar-refractivity contribution in [1.82, 2.24) is 0 Å². The molecule has 1 saturated carbocycles. The van der Waals surface area contributed by atoms with E-state index in [4.69, 9.17) is 9.47 Å². The number of aliphatic hydroxyl groups is 2. The molecule has 0 spiro atoms. The van der Waals surface area contributed by atoms with Gasteiger partial charge < -0.3 is 19.7 Å². The lowest BCUT2D eigenvalue weighted by Gasteiger charge is -2.60. The van der Waals surface area contributed by atoms with E-state index >= 15 is 0 Å². The second kappa shape index (κ2) is 6.42. The minimum atomic E-state index is -1.44. The second-order valence-electron chi connectivity index (χ2n) is 8.81. The molecule has 6 heteroatoms. The lowest BCUT2D eigenvalue weighted by atomic mass is 9.46. The van der Waals surface area contributed by atoms with Crippen molar-refractivity contribution in [2.45, 2.75) is 44.8 Å². The summed E-state index contributed by atoms with van der Waals surface area (Å²) in [6, 6.07) is 8.67. The average Bonchev–Trinajstić information content (AvgIpc) is 2.98. The van der Waals surface area contributed by atoms with Gasteiger partial charge in [-0.05, 0) is 36.5 Å². The molecule has 1 heterocycles. The minimum Gasteiger partial charge on any atom is -0.459 e. The van der Waals surface area contributed by atoms with Crippen LogP contribution in [0.3, 0.4) is 0 Å². The second-order valence-corrected chi connectivity index (χ2v) is 8.81. The normalized spacial score (nSPS) is 39.4. The molecule has 3 aliphatic rings. The van der Waals surface area contributed by atoms with Crippen molar-refractivity contribution in [3.05, 3.63) is 47.5 Å². The highest BCUT2D eigenvalue weighted by Gasteiger charge is 2.68. The van der Waals surface area contributed by atoms with Gasteiger partial charge in [-0.15, -0.1) is 0 Å². The van der Waals surface area contributed by atoms with Crippen molar-refractivity contribution < 1.29 is 29.3 Å². The van der Waals surface area contributed by atoms with Gasteiger partial charge in [0.05, 0.1) is 11.1 Å². The first-order valence-electron chi connectivity index (χ1n) is 9.74. The summed E-state index contributed by atoms with van der Waals surface area (Å²) in [6.45, 7) is 3.67. The van der Waals surface area contributed by atoms with E-state index in [1.165, 1.54) is 0 Å². The van der Waals surface area contributed by atoms with Crippen LogP contribution in [0, 0.1) is 16.7 Å². The van der Waals surface area contributed by atoms with Crippen molar-refractivity contribution >= 4 is 11.9 Å². The highest BCUT2D eigenvalue weighted by molar-refractivity contribution is 5.94. The van der Waals surface area contributed by atoms with Gasteiger partial charge in [-0.1, -0.05) is 38.5 Å². The van der Waals surface area contributed by atoms with Gasteiger partial charge in [0, 0.05) is 17.9 Å². The molecular weight excluding hydrogens is 360 g/mol. The zero-order valence-electron chi connectivity index (χ0n) is 16.2. The van der Waals surface area contributed by atoms with Gasteiger partial charge >= 0.3 is 11.9 Å². The maximum atomic E-state index is 12.8. The first kappa shape index (κ1) is 19.2. The molecule has 2 N–H and O–H groups in total. The Balaban J connectivity index is 1.80. The first-order chi connectivity index (χ1) is 13.2. The number of carbonyl (C=O) groups is 2.